The van der Waals surface area contributed by atoms with Crippen LogP contribution in [0, 0.1) is 12.3 Å². The Kier molecular flexibility index (Phi) is 5.45. The minimum absolute atomic E-state index is 0.0220. The number of rotatable bonds is 4. The van der Waals surface area contributed by atoms with Gasteiger partial charge in [-0.25, -0.2) is 14.3 Å². The van der Waals surface area contributed by atoms with E-state index in [9.17, 15) is 18.0 Å². The second-order valence-corrected chi connectivity index (χ2v) is 7.55. The topological polar surface area (TPSA) is 105 Å². The van der Waals surface area contributed by atoms with Crippen molar-refractivity contribution in [2.24, 2.45) is 0 Å². The zero-order valence-electron chi connectivity index (χ0n) is 17.4. The molecule has 0 fully saturated rings. The van der Waals surface area contributed by atoms with Gasteiger partial charge in [0.25, 0.3) is 5.91 Å². The molecule has 0 bridgehead atoms. The number of likely N-dealkylation sites (N-methyl/N-ethyl adjacent to an activating group) is 1. The van der Waals surface area contributed by atoms with E-state index in [1.165, 1.54) is 29.2 Å². The largest absolute Gasteiger partial charge is 0.416 e. The lowest BCUT2D eigenvalue weighted by atomic mass is 10.1. The molecule has 0 radical (unpaired) electrons. The molecule has 2 aromatic heterocycles. The van der Waals surface area contributed by atoms with Gasteiger partial charge in [0.15, 0.2) is 0 Å². The number of amidine groups is 1. The van der Waals surface area contributed by atoms with Crippen LogP contribution in [0.25, 0.3) is 0 Å². The Balaban J connectivity index is 1.46. The highest BCUT2D eigenvalue weighted by atomic mass is 19.4. The monoisotopic (exact) mass is 446 g/mol. The lowest BCUT2D eigenvalue weighted by Gasteiger charge is -2.23. The number of nitrogens with one attached hydrogen (secondary N) is 2. The van der Waals surface area contributed by atoms with Crippen LogP contribution in [0.2, 0.25) is 0 Å². The number of fused-ring (bicyclic) bond motifs is 1. The Morgan fingerprint density at radius 2 is 2.03 bits per heavy atom. The maximum atomic E-state index is 13.2. The molecule has 3 heterocycles. The minimum atomic E-state index is -4.49. The average molecular weight is 446 g/mol. The van der Waals surface area contributed by atoms with Crippen LogP contribution in [0.5, 0.6) is 0 Å². The highest BCUT2D eigenvalue weighted by Gasteiger charge is 2.33. The Morgan fingerprint density at radius 3 is 2.78 bits per heavy atom. The summed E-state index contributed by atoms with van der Waals surface area (Å²) in [6.07, 6.45) is -2.83. The third kappa shape index (κ3) is 4.20. The number of benzene rings is 1. The molecule has 0 saturated carbocycles. The first-order valence-corrected chi connectivity index (χ1v) is 9.85. The van der Waals surface area contributed by atoms with Gasteiger partial charge in [0.2, 0.25) is 5.82 Å². The molecule has 1 aromatic carbocycles. The fourth-order valence-electron chi connectivity index (χ4n) is 3.66. The van der Waals surface area contributed by atoms with Gasteiger partial charge in [0.05, 0.1) is 23.8 Å². The summed E-state index contributed by atoms with van der Waals surface area (Å²) in [6, 6.07) is 6.46. The fraction of sp³-hybridized carbons (Fsp3) is 0.350. The number of alkyl halides is 3. The number of amides is 1. The summed E-state index contributed by atoms with van der Waals surface area (Å²) >= 11 is 0. The first kappa shape index (κ1) is 21.5. The van der Waals surface area contributed by atoms with Gasteiger partial charge in [0, 0.05) is 19.7 Å². The molecule has 2 N–H and O–H groups in total. The van der Waals surface area contributed by atoms with Crippen molar-refractivity contribution in [3.05, 3.63) is 59.3 Å². The van der Waals surface area contributed by atoms with Crippen LogP contribution in [0.3, 0.4) is 0 Å². The summed E-state index contributed by atoms with van der Waals surface area (Å²) in [5.41, 5.74) is 0.0990. The van der Waals surface area contributed by atoms with Crippen molar-refractivity contribution in [3.63, 3.8) is 0 Å². The number of aryl methyl sites for hydroxylation is 2. The molecule has 168 valence electrons. The van der Waals surface area contributed by atoms with Crippen molar-refractivity contribution in [2.75, 3.05) is 11.9 Å². The molecule has 12 heteroatoms. The number of nitrogens with zero attached hydrogens (tertiary/aromatic N) is 6. The maximum absolute atomic E-state index is 13.2. The molecule has 3 aromatic rings. The van der Waals surface area contributed by atoms with Crippen LogP contribution in [0.4, 0.5) is 19.0 Å². The van der Waals surface area contributed by atoms with E-state index in [4.69, 9.17) is 5.41 Å². The molecule has 1 atom stereocenters. The van der Waals surface area contributed by atoms with Gasteiger partial charge < -0.3 is 10.2 Å². The molecule has 1 aliphatic rings. The zero-order chi connectivity index (χ0) is 23.0. The molecule has 32 heavy (non-hydrogen) atoms. The molecule has 0 saturated heterocycles. The van der Waals surface area contributed by atoms with Crippen LogP contribution in [-0.4, -0.2) is 49.4 Å². The van der Waals surface area contributed by atoms with E-state index in [1.807, 2.05) is 13.0 Å². The van der Waals surface area contributed by atoms with E-state index >= 15 is 0 Å². The van der Waals surface area contributed by atoms with Crippen molar-refractivity contribution < 1.29 is 18.0 Å². The van der Waals surface area contributed by atoms with E-state index in [0.29, 0.717) is 13.0 Å². The van der Waals surface area contributed by atoms with Gasteiger partial charge >= 0.3 is 6.18 Å². The molecule has 1 aliphatic heterocycles. The molecule has 9 nitrogen and oxygen atoms in total. The van der Waals surface area contributed by atoms with Gasteiger partial charge in [-0.15, -0.1) is 5.10 Å². The predicted octanol–water partition coefficient (Wildman–Crippen LogP) is 2.47. The highest BCUT2D eigenvalue weighted by Crippen LogP contribution is 2.32. The Morgan fingerprint density at radius 1 is 1.28 bits per heavy atom. The van der Waals surface area contributed by atoms with Gasteiger partial charge in [-0.3, -0.25) is 10.2 Å². The van der Waals surface area contributed by atoms with E-state index in [0.717, 1.165) is 17.6 Å². The van der Waals surface area contributed by atoms with Crippen LogP contribution >= 0.6 is 0 Å². The summed E-state index contributed by atoms with van der Waals surface area (Å²) < 4.78 is 42.6. The highest BCUT2D eigenvalue weighted by molar-refractivity contribution is 6.02. The van der Waals surface area contributed by atoms with E-state index < -0.39 is 23.7 Å². The zero-order valence-corrected chi connectivity index (χ0v) is 17.4. The number of halogens is 3. The molecular formula is C20H21F3N8O. The van der Waals surface area contributed by atoms with Crippen molar-refractivity contribution in [2.45, 2.75) is 38.7 Å². The number of anilines is 1. The maximum Gasteiger partial charge on any atom is 0.416 e. The second kappa shape index (κ2) is 8.09. The van der Waals surface area contributed by atoms with Gasteiger partial charge in [-0.1, -0.05) is 18.2 Å². The minimum Gasteiger partial charge on any atom is -0.339 e. The number of carbonyl (C=O) groups is 1. The summed E-state index contributed by atoms with van der Waals surface area (Å²) in [5.74, 6) is 0.167. The summed E-state index contributed by atoms with van der Waals surface area (Å²) in [7, 11) is 1.73. The van der Waals surface area contributed by atoms with Crippen LogP contribution in [-0.2, 0) is 19.3 Å². The van der Waals surface area contributed by atoms with Crippen LogP contribution in [0.1, 0.15) is 33.9 Å². The van der Waals surface area contributed by atoms with Crippen molar-refractivity contribution >= 4 is 17.6 Å². The van der Waals surface area contributed by atoms with Gasteiger partial charge in [-0.2, -0.15) is 18.3 Å². The summed E-state index contributed by atoms with van der Waals surface area (Å²) in [5, 5.41) is 19.6. The molecule has 0 aliphatic carbocycles. The Labute approximate surface area is 181 Å². The van der Waals surface area contributed by atoms with E-state index in [1.54, 1.807) is 16.6 Å². The molecule has 1 amide bonds. The SMILES string of the molecule is Cc1cc2n(n1)CC[C@H](NC(=O)c1ncn(Cc3ccccc3C(F)(F)F)n1)C(=N)N2C. The second-order valence-electron chi connectivity index (χ2n) is 7.55. The quantitative estimate of drug-likeness (QED) is 0.641. The van der Waals surface area contributed by atoms with E-state index in [2.05, 4.69) is 20.5 Å². The lowest BCUT2D eigenvalue weighted by molar-refractivity contribution is -0.138. The average Bonchev–Trinajstić information content (AvgIpc) is 3.33. The fourth-order valence-corrected chi connectivity index (χ4v) is 3.66. The number of aromatic nitrogens is 5. The smallest absolute Gasteiger partial charge is 0.339 e. The van der Waals surface area contributed by atoms with Gasteiger partial charge in [0.1, 0.15) is 18.0 Å². The van der Waals surface area contributed by atoms with E-state index in [-0.39, 0.29) is 23.8 Å². The normalized spacial score (nSPS) is 16.6. The first-order valence-electron chi connectivity index (χ1n) is 9.85. The summed E-state index contributed by atoms with van der Waals surface area (Å²) in [4.78, 5) is 18.3. The molecule has 0 unspecified atom stereocenters. The van der Waals surface area contributed by atoms with Crippen LogP contribution < -0.4 is 10.2 Å². The van der Waals surface area contributed by atoms with Crippen molar-refractivity contribution in [1.29, 1.82) is 5.41 Å². The van der Waals surface area contributed by atoms with Crippen molar-refractivity contribution in [1.82, 2.24) is 29.9 Å². The molecule has 4 rings (SSSR count). The van der Waals surface area contributed by atoms with Crippen LogP contribution in [0.15, 0.2) is 36.7 Å². The first-order chi connectivity index (χ1) is 15.1. The number of hydrogen-bond acceptors (Lipinski definition) is 5. The third-order valence-electron chi connectivity index (χ3n) is 5.25. The molecular weight excluding hydrogens is 425 g/mol. The standard InChI is InChI=1S/C20H21F3N8O/c1-12-9-16-29(2)17(24)15(7-8-31(16)27-12)26-19(32)18-25-11-30(28-18)10-13-5-3-4-6-14(13)20(21,22)23/h3-6,9,11,15,24H,7-8,10H2,1-2H3,(H,26,32)/t15-/m0/s1. The van der Waals surface area contributed by atoms with Gasteiger partial charge in [-0.05, 0) is 25.0 Å². The van der Waals surface area contributed by atoms with Crippen molar-refractivity contribution in [3.8, 4) is 0 Å². The predicted molar refractivity (Wildman–Crippen MR) is 110 cm³/mol. The Bertz CT molecular complexity index is 1170. The summed E-state index contributed by atoms with van der Waals surface area (Å²) in [6.45, 7) is 2.20. The lowest BCUT2D eigenvalue weighted by Crippen LogP contribution is -2.46. The number of hydrogen-bond donors (Lipinski definition) is 2. The third-order valence-corrected chi connectivity index (χ3v) is 5.25. The molecule has 0 spiro atoms. The number of carbonyl (C=O) groups excluding carboxylic acids is 1. The Hall–Kier alpha value is -3.70.